The minimum Gasteiger partial charge on any atom is -0.379 e. The number of halogens is 1. The van der Waals surface area contributed by atoms with Gasteiger partial charge in [-0.3, -0.25) is 0 Å². The van der Waals surface area contributed by atoms with Crippen molar-refractivity contribution in [3.8, 4) is 0 Å². The van der Waals surface area contributed by atoms with Crippen LogP contribution in [0.4, 0.5) is 4.39 Å². The van der Waals surface area contributed by atoms with E-state index in [0.29, 0.717) is 18.8 Å². The first kappa shape index (κ1) is 15.1. The van der Waals surface area contributed by atoms with Gasteiger partial charge in [0, 0.05) is 5.56 Å². The van der Waals surface area contributed by atoms with Crippen LogP contribution < -0.4 is 5.32 Å². The monoisotopic (exact) mass is 253 g/mol. The van der Waals surface area contributed by atoms with Crippen molar-refractivity contribution in [2.24, 2.45) is 5.41 Å². The SMILES string of the molecule is CCNC(COCC(C)(C)C)c1ccccc1F. The summed E-state index contributed by atoms with van der Waals surface area (Å²) in [5.74, 6) is -0.178. The molecule has 0 aliphatic heterocycles. The lowest BCUT2D eigenvalue weighted by molar-refractivity contribution is 0.0559. The van der Waals surface area contributed by atoms with E-state index in [1.807, 2.05) is 19.1 Å². The smallest absolute Gasteiger partial charge is 0.128 e. The number of ether oxygens (including phenoxy) is 1. The first-order valence-electron chi connectivity index (χ1n) is 6.49. The van der Waals surface area contributed by atoms with Gasteiger partial charge in [0.25, 0.3) is 0 Å². The van der Waals surface area contributed by atoms with Crippen LogP contribution in [0.5, 0.6) is 0 Å². The Balaban J connectivity index is 2.63. The van der Waals surface area contributed by atoms with Crippen molar-refractivity contribution in [3.05, 3.63) is 35.6 Å². The molecule has 1 aromatic rings. The molecule has 2 nitrogen and oxygen atoms in total. The lowest BCUT2D eigenvalue weighted by Crippen LogP contribution is -2.28. The third-order valence-electron chi connectivity index (χ3n) is 2.55. The molecule has 0 spiro atoms. The molecule has 0 saturated heterocycles. The predicted molar refractivity (Wildman–Crippen MR) is 73.1 cm³/mol. The quantitative estimate of drug-likeness (QED) is 0.837. The molecule has 0 radical (unpaired) electrons. The summed E-state index contributed by atoms with van der Waals surface area (Å²) in [6.07, 6.45) is 0. The van der Waals surface area contributed by atoms with Crippen LogP contribution in [0, 0.1) is 11.2 Å². The highest BCUT2D eigenvalue weighted by atomic mass is 19.1. The van der Waals surface area contributed by atoms with E-state index < -0.39 is 0 Å². The predicted octanol–water partition coefficient (Wildman–Crippen LogP) is 3.54. The number of nitrogens with one attached hydrogen (secondary N) is 1. The van der Waals surface area contributed by atoms with Crippen molar-refractivity contribution < 1.29 is 9.13 Å². The van der Waals surface area contributed by atoms with Gasteiger partial charge in [0.2, 0.25) is 0 Å². The van der Waals surface area contributed by atoms with Crippen LogP contribution in [0.25, 0.3) is 0 Å². The second-order valence-corrected chi connectivity index (χ2v) is 5.71. The van der Waals surface area contributed by atoms with Gasteiger partial charge in [-0.2, -0.15) is 0 Å². The third kappa shape index (κ3) is 5.15. The zero-order valence-electron chi connectivity index (χ0n) is 11.8. The molecule has 0 saturated carbocycles. The highest BCUT2D eigenvalue weighted by Gasteiger charge is 2.16. The van der Waals surface area contributed by atoms with Crippen molar-refractivity contribution in [1.29, 1.82) is 0 Å². The van der Waals surface area contributed by atoms with E-state index in [4.69, 9.17) is 4.74 Å². The Bertz CT molecular complexity index is 360. The summed E-state index contributed by atoms with van der Waals surface area (Å²) in [5, 5.41) is 3.26. The summed E-state index contributed by atoms with van der Waals surface area (Å²) in [7, 11) is 0. The van der Waals surface area contributed by atoms with Crippen LogP contribution in [-0.2, 0) is 4.74 Å². The van der Waals surface area contributed by atoms with Crippen molar-refractivity contribution in [2.75, 3.05) is 19.8 Å². The summed E-state index contributed by atoms with van der Waals surface area (Å²) in [5.41, 5.74) is 0.805. The van der Waals surface area contributed by atoms with Gasteiger partial charge >= 0.3 is 0 Å². The Hall–Kier alpha value is -0.930. The molecule has 0 heterocycles. The fourth-order valence-corrected chi connectivity index (χ4v) is 1.75. The van der Waals surface area contributed by atoms with Crippen molar-refractivity contribution in [2.45, 2.75) is 33.7 Å². The molecular formula is C15H24FNO. The highest BCUT2D eigenvalue weighted by molar-refractivity contribution is 5.21. The fraction of sp³-hybridized carbons (Fsp3) is 0.600. The van der Waals surface area contributed by atoms with Gasteiger partial charge in [-0.15, -0.1) is 0 Å². The summed E-state index contributed by atoms with van der Waals surface area (Å²) in [6, 6.07) is 6.77. The second kappa shape index (κ2) is 6.86. The zero-order chi connectivity index (χ0) is 13.6. The standard InChI is InChI=1S/C15H24FNO/c1-5-17-14(10-18-11-15(2,3)4)12-8-6-7-9-13(12)16/h6-9,14,17H,5,10-11H2,1-4H3. The van der Waals surface area contributed by atoms with Gasteiger partial charge in [0.15, 0.2) is 0 Å². The van der Waals surface area contributed by atoms with Crippen LogP contribution in [0.15, 0.2) is 24.3 Å². The molecule has 1 rings (SSSR count). The van der Waals surface area contributed by atoms with Gasteiger partial charge in [0.1, 0.15) is 5.82 Å². The molecule has 0 fully saturated rings. The third-order valence-corrected chi connectivity index (χ3v) is 2.55. The largest absolute Gasteiger partial charge is 0.379 e. The van der Waals surface area contributed by atoms with Gasteiger partial charge < -0.3 is 10.1 Å². The molecule has 102 valence electrons. The van der Waals surface area contributed by atoms with Crippen LogP contribution in [0.3, 0.4) is 0 Å². The topological polar surface area (TPSA) is 21.3 Å². The van der Waals surface area contributed by atoms with E-state index in [2.05, 4.69) is 26.1 Å². The molecule has 1 aromatic carbocycles. The van der Waals surface area contributed by atoms with Gasteiger partial charge in [-0.25, -0.2) is 4.39 Å². The van der Waals surface area contributed by atoms with E-state index in [1.54, 1.807) is 6.07 Å². The Kier molecular flexibility index (Phi) is 5.76. The minimum absolute atomic E-state index is 0.0847. The second-order valence-electron chi connectivity index (χ2n) is 5.71. The van der Waals surface area contributed by atoms with E-state index in [1.165, 1.54) is 6.07 Å². The number of likely N-dealkylation sites (N-methyl/N-ethyl adjacent to an activating group) is 1. The van der Waals surface area contributed by atoms with Gasteiger partial charge in [0.05, 0.1) is 19.3 Å². The first-order chi connectivity index (χ1) is 8.44. The van der Waals surface area contributed by atoms with E-state index >= 15 is 0 Å². The molecule has 0 bridgehead atoms. The Morgan fingerprint density at radius 1 is 1.28 bits per heavy atom. The van der Waals surface area contributed by atoms with Crippen molar-refractivity contribution in [1.82, 2.24) is 5.32 Å². The molecule has 0 aliphatic rings. The van der Waals surface area contributed by atoms with Crippen molar-refractivity contribution >= 4 is 0 Å². The number of hydrogen-bond acceptors (Lipinski definition) is 2. The maximum absolute atomic E-state index is 13.7. The van der Waals surface area contributed by atoms with E-state index in [0.717, 1.165) is 6.54 Å². The van der Waals surface area contributed by atoms with Crippen LogP contribution in [-0.4, -0.2) is 19.8 Å². The fourth-order valence-electron chi connectivity index (χ4n) is 1.75. The highest BCUT2D eigenvalue weighted by Crippen LogP contribution is 2.19. The molecule has 1 N–H and O–H groups in total. The molecule has 3 heteroatoms. The lowest BCUT2D eigenvalue weighted by atomic mass is 9.98. The summed E-state index contributed by atoms with van der Waals surface area (Å²) in [4.78, 5) is 0. The Labute approximate surface area is 110 Å². The summed E-state index contributed by atoms with van der Waals surface area (Å²) in [6.45, 7) is 10.3. The maximum atomic E-state index is 13.7. The van der Waals surface area contributed by atoms with E-state index in [-0.39, 0.29) is 17.3 Å². The average molecular weight is 253 g/mol. The molecule has 1 atom stereocenters. The molecule has 0 aliphatic carbocycles. The first-order valence-corrected chi connectivity index (χ1v) is 6.49. The average Bonchev–Trinajstić information content (AvgIpc) is 2.27. The normalized spacial score (nSPS) is 13.6. The number of benzene rings is 1. The summed E-state index contributed by atoms with van der Waals surface area (Å²) < 4.78 is 19.4. The molecule has 0 aromatic heterocycles. The number of rotatable bonds is 6. The maximum Gasteiger partial charge on any atom is 0.128 e. The summed E-state index contributed by atoms with van der Waals surface area (Å²) >= 11 is 0. The number of hydrogen-bond donors (Lipinski definition) is 1. The Morgan fingerprint density at radius 2 is 1.94 bits per heavy atom. The van der Waals surface area contributed by atoms with Crippen LogP contribution in [0.1, 0.15) is 39.3 Å². The lowest BCUT2D eigenvalue weighted by Gasteiger charge is -2.23. The molecule has 1 unspecified atom stereocenters. The van der Waals surface area contributed by atoms with Gasteiger partial charge in [-0.05, 0) is 18.0 Å². The van der Waals surface area contributed by atoms with Crippen molar-refractivity contribution in [3.63, 3.8) is 0 Å². The van der Waals surface area contributed by atoms with Crippen LogP contribution >= 0.6 is 0 Å². The van der Waals surface area contributed by atoms with Gasteiger partial charge in [-0.1, -0.05) is 45.9 Å². The zero-order valence-corrected chi connectivity index (χ0v) is 11.8. The molecular weight excluding hydrogens is 229 g/mol. The Morgan fingerprint density at radius 3 is 2.50 bits per heavy atom. The van der Waals surface area contributed by atoms with E-state index in [9.17, 15) is 4.39 Å². The van der Waals surface area contributed by atoms with Crippen LogP contribution in [0.2, 0.25) is 0 Å². The molecule has 18 heavy (non-hydrogen) atoms. The molecule has 0 amide bonds. The minimum atomic E-state index is -0.178.